The summed E-state index contributed by atoms with van der Waals surface area (Å²) in [4.78, 5) is 17.1. The minimum atomic E-state index is -1.08. The van der Waals surface area contributed by atoms with Gasteiger partial charge in [0.2, 0.25) is 0 Å². The van der Waals surface area contributed by atoms with E-state index < -0.39 is 12.4 Å². The van der Waals surface area contributed by atoms with Gasteiger partial charge in [-0.15, -0.1) is 0 Å². The van der Waals surface area contributed by atoms with E-state index in [4.69, 9.17) is 19.8 Å². The first kappa shape index (κ1) is 22.4. The second kappa shape index (κ2) is 22.5. The molecule has 0 radical (unpaired) electrons. The van der Waals surface area contributed by atoms with Crippen LogP contribution in [-0.2, 0) is 9.59 Å². The van der Waals surface area contributed by atoms with Gasteiger partial charge < -0.3 is 19.8 Å². The van der Waals surface area contributed by atoms with E-state index in [1.54, 1.807) is 0 Å². The molecule has 0 aliphatic carbocycles. The molecule has 0 spiro atoms. The molecular formula is C3H4CsNaO4. The predicted molar refractivity (Wildman–Crippen MR) is 16.7 cm³/mol. The van der Waals surface area contributed by atoms with Gasteiger partial charge >= 0.3 is 98.5 Å². The minimum Gasteiger partial charge on any atom is -0.554 e. The van der Waals surface area contributed by atoms with Crippen molar-refractivity contribution >= 4 is 12.4 Å². The summed E-state index contributed by atoms with van der Waals surface area (Å²) in [5.41, 5.74) is 0. The molecule has 0 bridgehead atoms. The normalized spacial score (nSPS) is 4.11. The Morgan fingerprint density at radius 3 is 1.56 bits per heavy atom. The molecule has 0 aliphatic rings. The first-order valence-electron chi connectivity index (χ1n) is 1.38. The molecule has 0 aromatic carbocycles. The van der Waals surface area contributed by atoms with Gasteiger partial charge in [0.15, 0.2) is 0 Å². The average molecular weight is 260 g/mol. The summed E-state index contributed by atoms with van der Waals surface area (Å²) < 4.78 is 0. The van der Waals surface area contributed by atoms with Crippen LogP contribution < -0.4 is 109 Å². The number of aliphatic carboxylic acids is 1. The Labute approximate surface area is 134 Å². The molecule has 0 aromatic rings. The SMILES string of the molecule is CC(=O)[O-].O=C[O-].[Cs+].[Na+]. The van der Waals surface area contributed by atoms with E-state index in [0.717, 1.165) is 6.92 Å². The second-order valence-corrected chi connectivity index (χ2v) is 0.588. The maximum Gasteiger partial charge on any atom is 1.00 e. The van der Waals surface area contributed by atoms with Crippen LogP contribution >= 0.6 is 0 Å². The topological polar surface area (TPSA) is 80.3 Å². The van der Waals surface area contributed by atoms with Crippen molar-refractivity contribution in [1.82, 2.24) is 0 Å². The standard InChI is InChI=1S/C2H4O2.CH2O2.Cs.Na/c1-2(3)4;2-1-3;;/h1H3,(H,3,4);1H,(H,2,3);;/q;;2*+1/p-2. The fourth-order valence-corrected chi connectivity index (χ4v) is 0. The van der Waals surface area contributed by atoms with E-state index >= 15 is 0 Å². The van der Waals surface area contributed by atoms with Crippen molar-refractivity contribution in [1.29, 1.82) is 0 Å². The van der Waals surface area contributed by atoms with Gasteiger partial charge in [-0.2, -0.15) is 0 Å². The smallest absolute Gasteiger partial charge is 0.554 e. The van der Waals surface area contributed by atoms with Crippen LogP contribution in [0.1, 0.15) is 6.92 Å². The van der Waals surface area contributed by atoms with Gasteiger partial charge in [-0.1, -0.05) is 0 Å². The zero-order valence-corrected chi connectivity index (χ0v) is 14.0. The molecule has 0 fully saturated rings. The van der Waals surface area contributed by atoms with Crippen LogP contribution in [-0.4, -0.2) is 12.4 Å². The van der Waals surface area contributed by atoms with Gasteiger partial charge in [-0.3, -0.25) is 0 Å². The number of carboxylic acids is 1. The quantitative estimate of drug-likeness (QED) is 0.320. The summed E-state index contributed by atoms with van der Waals surface area (Å²) in [6.07, 6.45) is 0. The monoisotopic (exact) mass is 260 g/mol. The summed E-state index contributed by atoms with van der Waals surface area (Å²) in [6, 6.07) is 0. The summed E-state index contributed by atoms with van der Waals surface area (Å²) in [7, 11) is 0. The summed E-state index contributed by atoms with van der Waals surface area (Å²) >= 11 is 0. The molecule has 0 unspecified atom stereocenters. The van der Waals surface area contributed by atoms with Crippen LogP contribution in [0, 0.1) is 0 Å². The Hall–Kier alpha value is 1.99. The van der Waals surface area contributed by atoms with Crippen molar-refractivity contribution in [3.63, 3.8) is 0 Å². The molecule has 0 heterocycles. The third-order valence-corrected chi connectivity index (χ3v) is 0. The molecule has 4 nitrogen and oxygen atoms in total. The molecule has 0 saturated carbocycles. The van der Waals surface area contributed by atoms with E-state index in [1.165, 1.54) is 0 Å². The Bertz CT molecular complexity index is 62.8. The van der Waals surface area contributed by atoms with Crippen molar-refractivity contribution in [3.05, 3.63) is 0 Å². The van der Waals surface area contributed by atoms with Crippen LogP contribution in [0.4, 0.5) is 0 Å². The van der Waals surface area contributed by atoms with Crippen LogP contribution in [0.5, 0.6) is 0 Å². The number of carboxylic acid groups (broad SMARTS) is 2. The first-order valence-corrected chi connectivity index (χ1v) is 1.38. The maximum atomic E-state index is 8.89. The van der Waals surface area contributed by atoms with Crippen molar-refractivity contribution in [3.8, 4) is 0 Å². The largest absolute Gasteiger partial charge is 1.00 e. The number of hydrogen-bond acceptors (Lipinski definition) is 4. The second-order valence-electron chi connectivity index (χ2n) is 0.588. The van der Waals surface area contributed by atoms with Gasteiger partial charge in [-0.05, 0) is 6.92 Å². The van der Waals surface area contributed by atoms with Gasteiger partial charge in [0.05, 0.1) is 0 Å². The van der Waals surface area contributed by atoms with Crippen molar-refractivity contribution in [2.75, 3.05) is 0 Å². The van der Waals surface area contributed by atoms with E-state index in [2.05, 4.69) is 0 Å². The number of hydrogen-bond donors (Lipinski definition) is 0. The molecule has 0 atom stereocenters. The molecule has 0 aliphatic heterocycles. The van der Waals surface area contributed by atoms with Crippen molar-refractivity contribution in [2.45, 2.75) is 6.92 Å². The van der Waals surface area contributed by atoms with Crippen LogP contribution in [0.25, 0.3) is 0 Å². The molecule has 0 N–H and O–H groups in total. The molecule has 0 saturated heterocycles. The van der Waals surface area contributed by atoms with E-state index in [0.29, 0.717) is 0 Å². The third-order valence-electron chi connectivity index (χ3n) is 0. The van der Waals surface area contributed by atoms with Gasteiger partial charge in [-0.25, -0.2) is 0 Å². The molecular weight excluding hydrogens is 256 g/mol. The zero-order valence-electron chi connectivity index (χ0n) is 5.71. The summed E-state index contributed by atoms with van der Waals surface area (Å²) in [6.45, 7) is 0.472. The molecule has 9 heavy (non-hydrogen) atoms. The Kier molecular flexibility index (Phi) is 56.1. The maximum absolute atomic E-state index is 8.89. The minimum absolute atomic E-state index is 0. The molecule has 6 heteroatoms. The van der Waals surface area contributed by atoms with Gasteiger partial charge in [0.25, 0.3) is 0 Å². The van der Waals surface area contributed by atoms with E-state index in [-0.39, 0.29) is 98.5 Å². The number of carbonyl (C=O) groups is 2. The molecule has 0 rings (SSSR count). The Balaban J connectivity index is -0.0000000233. The predicted octanol–water partition coefficient (Wildman–Crippen LogP) is -8.87. The zero-order chi connectivity index (χ0) is 6.28. The van der Waals surface area contributed by atoms with Crippen LogP contribution in [0.15, 0.2) is 0 Å². The van der Waals surface area contributed by atoms with E-state index in [9.17, 15) is 0 Å². The summed E-state index contributed by atoms with van der Waals surface area (Å²) in [5.74, 6) is -1.08. The number of rotatable bonds is 0. The van der Waals surface area contributed by atoms with Crippen molar-refractivity contribution in [2.24, 2.45) is 0 Å². The van der Waals surface area contributed by atoms with E-state index in [1.807, 2.05) is 0 Å². The first-order chi connectivity index (χ1) is 3.15. The van der Waals surface area contributed by atoms with Crippen LogP contribution in [0.3, 0.4) is 0 Å². The molecule has 42 valence electrons. The van der Waals surface area contributed by atoms with Gasteiger partial charge in [0.1, 0.15) is 0 Å². The number of carbonyl (C=O) groups excluding carboxylic acids is 2. The average Bonchev–Trinajstić information content (AvgIpc) is 1.33. The van der Waals surface area contributed by atoms with Crippen LogP contribution in [0.2, 0.25) is 0 Å². The molecule has 0 amide bonds. The Morgan fingerprint density at radius 1 is 1.56 bits per heavy atom. The fraction of sp³-hybridized carbons (Fsp3) is 0.333. The Morgan fingerprint density at radius 2 is 1.56 bits per heavy atom. The van der Waals surface area contributed by atoms with Gasteiger partial charge in [0, 0.05) is 12.4 Å². The third kappa shape index (κ3) is 161. The summed E-state index contributed by atoms with van der Waals surface area (Å²) in [5, 5.41) is 17.1. The fourth-order valence-electron chi connectivity index (χ4n) is 0. The van der Waals surface area contributed by atoms with Crippen molar-refractivity contribution < 1.29 is 118 Å². The molecule has 0 aromatic heterocycles.